The van der Waals surface area contributed by atoms with Crippen molar-refractivity contribution in [3.63, 3.8) is 0 Å². The van der Waals surface area contributed by atoms with Crippen molar-refractivity contribution < 1.29 is 29.0 Å². The van der Waals surface area contributed by atoms with Gasteiger partial charge in [-0.2, -0.15) is 0 Å². The van der Waals surface area contributed by atoms with Crippen LogP contribution in [0.15, 0.2) is 65.3 Å². The molecule has 9 nitrogen and oxygen atoms in total. The molecule has 0 saturated carbocycles. The molecule has 2 aromatic carbocycles. The number of nitrogens with one attached hydrogen (secondary N) is 3. The number of carbonyl (C=O) groups excluding carboxylic acids is 1. The number of amides is 1. The van der Waals surface area contributed by atoms with E-state index >= 15 is 0 Å². The fourth-order valence-corrected chi connectivity index (χ4v) is 2.71. The highest BCUT2D eigenvalue weighted by molar-refractivity contribution is 7.80. The van der Waals surface area contributed by atoms with Crippen LogP contribution in [0.25, 0.3) is 0 Å². The Hall–Kier alpha value is -4.18. The number of carboxylic acid groups (broad SMARTS) is 2. The fourth-order valence-electron chi connectivity index (χ4n) is 2.48. The molecule has 3 aromatic rings. The van der Waals surface area contributed by atoms with Gasteiger partial charge in [-0.05, 0) is 66.8 Å². The number of benzene rings is 2. The Bertz CT molecular complexity index is 1080. The number of hydrogen-bond donors (Lipinski definition) is 5. The van der Waals surface area contributed by atoms with Gasteiger partial charge < -0.3 is 30.6 Å². The van der Waals surface area contributed by atoms with Crippen LogP contribution in [-0.2, 0) is 0 Å². The van der Waals surface area contributed by atoms with E-state index in [1.165, 1.54) is 18.4 Å². The van der Waals surface area contributed by atoms with Crippen LogP contribution in [0, 0.1) is 0 Å². The minimum atomic E-state index is -1.26. The molecule has 1 aromatic heterocycles. The summed E-state index contributed by atoms with van der Waals surface area (Å²) in [6.45, 7) is 0. The zero-order valence-corrected chi connectivity index (χ0v) is 16.0. The highest BCUT2D eigenvalue weighted by atomic mass is 32.1. The van der Waals surface area contributed by atoms with E-state index in [9.17, 15) is 14.4 Å². The van der Waals surface area contributed by atoms with Crippen LogP contribution in [0.3, 0.4) is 0 Å². The first-order valence-corrected chi connectivity index (χ1v) is 8.87. The minimum absolute atomic E-state index is 0.126. The van der Waals surface area contributed by atoms with E-state index < -0.39 is 11.9 Å². The molecule has 0 saturated heterocycles. The van der Waals surface area contributed by atoms with Crippen molar-refractivity contribution in [3.8, 4) is 0 Å². The lowest BCUT2D eigenvalue weighted by molar-refractivity contribution is 0.0696. The van der Waals surface area contributed by atoms with Crippen molar-refractivity contribution in [2.45, 2.75) is 0 Å². The Labute approximate surface area is 175 Å². The topological polar surface area (TPSA) is 141 Å². The third kappa shape index (κ3) is 5.20. The molecule has 0 spiro atoms. The monoisotopic (exact) mass is 425 g/mol. The summed E-state index contributed by atoms with van der Waals surface area (Å²) in [7, 11) is 0. The van der Waals surface area contributed by atoms with Crippen molar-refractivity contribution in [3.05, 3.63) is 77.7 Å². The lowest BCUT2D eigenvalue weighted by atomic mass is 10.1. The van der Waals surface area contributed by atoms with Crippen LogP contribution in [0.2, 0.25) is 0 Å². The summed E-state index contributed by atoms with van der Waals surface area (Å²) in [5.41, 5.74) is 0.985. The van der Waals surface area contributed by atoms with Gasteiger partial charge in [0, 0.05) is 17.1 Å². The first kappa shape index (κ1) is 20.6. The van der Waals surface area contributed by atoms with E-state index in [4.69, 9.17) is 26.8 Å². The van der Waals surface area contributed by atoms with Gasteiger partial charge in [0.1, 0.15) is 0 Å². The maximum Gasteiger partial charge on any atom is 0.335 e. The summed E-state index contributed by atoms with van der Waals surface area (Å²) in [4.78, 5) is 34.3. The molecule has 1 heterocycles. The molecule has 0 radical (unpaired) electrons. The number of carbonyl (C=O) groups is 3. The molecule has 0 aliphatic rings. The summed E-state index contributed by atoms with van der Waals surface area (Å²) < 4.78 is 5.02. The van der Waals surface area contributed by atoms with E-state index in [0.29, 0.717) is 11.4 Å². The van der Waals surface area contributed by atoms with Crippen LogP contribution in [0.4, 0.5) is 17.1 Å². The molecular formula is C20H15N3O6S. The van der Waals surface area contributed by atoms with Gasteiger partial charge in [0.05, 0.1) is 17.4 Å². The highest BCUT2D eigenvalue weighted by Gasteiger charge is 2.12. The average Bonchev–Trinajstić information content (AvgIpc) is 3.24. The molecule has 10 heteroatoms. The van der Waals surface area contributed by atoms with Gasteiger partial charge in [0.25, 0.3) is 5.91 Å². The van der Waals surface area contributed by atoms with Gasteiger partial charge in [-0.15, -0.1) is 0 Å². The molecule has 0 aliphatic carbocycles. The fraction of sp³-hybridized carbons (Fsp3) is 0. The average molecular weight is 425 g/mol. The van der Waals surface area contributed by atoms with Crippen molar-refractivity contribution in [2.75, 3.05) is 16.0 Å². The first-order valence-electron chi connectivity index (χ1n) is 8.46. The summed E-state index contributed by atoms with van der Waals surface area (Å²) >= 11 is 5.19. The third-order valence-corrected chi connectivity index (χ3v) is 4.03. The number of hydrogen-bond acceptors (Lipinski definition) is 5. The standard InChI is InChI=1S/C20H15N3O6S/c24-17(16-2-1-7-29-16)21-13-3-5-14(6-4-13)22-20(30)23-15-9-11(18(25)26)8-12(10-15)19(27)28/h1-10H,(H,21,24)(H,25,26)(H,27,28)(H2,22,23,30). The minimum Gasteiger partial charge on any atom is -0.478 e. The number of anilines is 3. The Morgan fingerprint density at radius 3 is 1.80 bits per heavy atom. The molecule has 0 atom stereocenters. The zero-order valence-electron chi connectivity index (χ0n) is 15.2. The Balaban J connectivity index is 1.64. The van der Waals surface area contributed by atoms with Crippen molar-refractivity contribution in [1.29, 1.82) is 0 Å². The van der Waals surface area contributed by atoms with E-state index in [-0.39, 0.29) is 33.6 Å². The molecule has 0 unspecified atom stereocenters. The lowest BCUT2D eigenvalue weighted by Gasteiger charge is -2.12. The molecule has 152 valence electrons. The third-order valence-electron chi connectivity index (χ3n) is 3.83. The number of furan rings is 1. The molecule has 0 fully saturated rings. The molecule has 0 aliphatic heterocycles. The molecule has 5 N–H and O–H groups in total. The van der Waals surface area contributed by atoms with Gasteiger partial charge in [-0.25, -0.2) is 9.59 Å². The highest BCUT2D eigenvalue weighted by Crippen LogP contribution is 2.18. The zero-order chi connectivity index (χ0) is 21.7. The van der Waals surface area contributed by atoms with E-state index in [2.05, 4.69) is 16.0 Å². The van der Waals surface area contributed by atoms with Crippen LogP contribution < -0.4 is 16.0 Å². The predicted octanol–water partition coefficient (Wildman–Crippen LogP) is 3.74. The van der Waals surface area contributed by atoms with Crippen molar-refractivity contribution in [1.82, 2.24) is 0 Å². The Morgan fingerprint density at radius 1 is 0.767 bits per heavy atom. The second-order valence-corrected chi connectivity index (χ2v) is 6.41. The number of carboxylic acids is 2. The smallest absolute Gasteiger partial charge is 0.335 e. The number of rotatable bonds is 6. The van der Waals surface area contributed by atoms with Gasteiger partial charge in [0.15, 0.2) is 10.9 Å². The number of aromatic carboxylic acids is 2. The van der Waals surface area contributed by atoms with Crippen molar-refractivity contribution in [2.24, 2.45) is 0 Å². The molecule has 0 bridgehead atoms. The summed E-state index contributed by atoms with van der Waals surface area (Å²) in [6.07, 6.45) is 1.40. The van der Waals surface area contributed by atoms with Crippen LogP contribution in [0.1, 0.15) is 31.3 Å². The lowest BCUT2D eigenvalue weighted by Crippen LogP contribution is -2.19. The maximum atomic E-state index is 12.0. The van der Waals surface area contributed by atoms with E-state index in [1.807, 2.05) is 0 Å². The van der Waals surface area contributed by atoms with Gasteiger partial charge in [-0.3, -0.25) is 4.79 Å². The summed E-state index contributed by atoms with van der Waals surface area (Å²) in [5, 5.41) is 26.7. The van der Waals surface area contributed by atoms with Crippen molar-refractivity contribution >= 4 is 52.2 Å². The molecule has 1 amide bonds. The van der Waals surface area contributed by atoms with Crippen LogP contribution in [0.5, 0.6) is 0 Å². The Kier molecular flexibility index (Phi) is 6.08. The summed E-state index contributed by atoms with van der Waals surface area (Å²) in [5.74, 6) is -2.71. The van der Waals surface area contributed by atoms with Gasteiger partial charge in [-0.1, -0.05) is 0 Å². The second kappa shape index (κ2) is 8.88. The van der Waals surface area contributed by atoms with E-state index in [0.717, 1.165) is 6.07 Å². The quantitative estimate of drug-likeness (QED) is 0.373. The van der Waals surface area contributed by atoms with Gasteiger partial charge >= 0.3 is 11.9 Å². The maximum absolute atomic E-state index is 12.0. The number of thiocarbonyl (C=S) groups is 1. The van der Waals surface area contributed by atoms with Gasteiger partial charge in [0.2, 0.25) is 0 Å². The largest absolute Gasteiger partial charge is 0.478 e. The molecule has 3 rings (SSSR count). The van der Waals surface area contributed by atoms with Crippen LogP contribution >= 0.6 is 12.2 Å². The Morgan fingerprint density at radius 2 is 1.30 bits per heavy atom. The second-order valence-electron chi connectivity index (χ2n) is 6.00. The molecular weight excluding hydrogens is 410 g/mol. The summed E-state index contributed by atoms with van der Waals surface area (Å²) in [6, 6.07) is 13.4. The first-order chi connectivity index (χ1) is 14.3. The normalized spacial score (nSPS) is 10.1. The SMILES string of the molecule is O=C(O)c1cc(NC(=S)Nc2ccc(NC(=O)c3ccco3)cc2)cc(C(=O)O)c1. The predicted molar refractivity (Wildman–Crippen MR) is 113 cm³/mol. The molecule has 30 heavy (non-hydrogen) atoms. The van der Waals surface area contributed by atoms with Crippen LogP contribution in [-0.4, -0.2) is 33.2 Å². The van der Waals surface area contributed by atoms with E-state index in [1.54, 1.807) is 36.4 Å².